The number of aromatic nitrogens is 2. The van der Waals surface area contributed by atoms with Gasteiger partial charge in [-0.05, 0) is 19.3 Å². The van der Waals surface area contributed by atoms with Crippen molar-refractivity contribution in [1.29, 1.82) is 0 Å². The van der Waals surface area contributed by atoms with Gasteiger partial charge in [-0.2, -0.15) is 0 Å². The molecule has 0 spiro atoms. The second-order valence-electron chi connectivity index (χ2n) is 4.97. The summed E-state index contributed by atoms with van der Waals surface area (Å²) in [7, 11) is 0. The molecule has 0 aromatic carbocycles. The lowest BCUT2D eigenvalue weighted by Gasteiger charge is -2.29. The van der Waals surface area contributed by atoms with Gasteiger partial charge in [-0.3, -0.25) is 0 Å². The van der Waals surface area contributed by atoms with E-state index in [1.165, 1.54) is 6.42 Å². The van der Waals surface area contributed by atoms with E-state index in [1.807, 2.05) is 13.8 Å². The van der Waals surface area contributed by atoms with Crippen LogP contribution in [0.4, 0.5) is 5.69 Å². The molecule has 0 unspecified atom stereocenters. The molecule has 0 atom stereocenters. The molecule has 1 aliphatic heterocycles. The predicted molar refractivity (Wildman–Crippen MR) is 69.1 cm³/mol. The Labute approximate surface area is 107 Å². The molecule has 1 saturated heterocycles. The second kappa shape index (κ2) is 5.33. The summed E-state index contributed by atoms with van der Waals surface area (Å²) in [6, 6.07) is 0. The maximum Gasteiger partial charge on any atom is 0.356 e. The van der Waals surface area contributed by atoms with Crippen molar-refractivity contribution in [1.82, 2.24) is 9.97 Å². The van der Waals surface area contributed by atoms with Gasteiger partial charge in [0.2, 0.25) is 0 Å². The summed E-state index contributed by atoms with van der Waals surface area (Å²) < 4.78 is 0. The zero-order valence-corrected chi connectivity index (χ0v) is 10.9. The van der Waals surface area contributed by atoms with Crippen LogP contribution >= 0.6 is 0 Å². The van der Waals surface area contributed by atoms with Crippen LogP contribution in [0.15, 0.2) is 6.20 Å². The fourth-order valence-electron chi connectivity index (χ4n) is 2.19. The zero-order valence-electron chi connectivity index (χ0n) is 10.9. The van der Waals surface area contributed by atoms with Crippen molar-refractivity contribution in [2.45, 2.75) is 39.0 Å². The molecular weight excluding hydrogens is 230 g/mol. The van der Waals surface area contributed by atoms with Crippen molar-refractivity contribution in [2.24, 2.45) is 0 Å². The molecule has 0 bridgehead atoms. The summed E-state index contributed by atoms with van der Waals surface area (Å²) in [5.41, 5.74) is 0.794. The van der Waals surface area contributed by atoms with Gasteiger partial charge in [0.1, 0.15) is 5.82 Å². The van der Waals surface area contributed by atoms with Crippen molar-refractivity contribution in [2.75, 3.05) is 18.0 Å². The van der Waals surface area contributed by atoms with Crippen LogP contribution < -0.4 is 4.90 Å². The van der Waals surface area contributed by atoms with Crippen molar-refractivity contribution in [3.8, 4) is 0 Å². The monoisotopic (exact) mass is 249 g/mol. The number of piperidine rings is 1. The van der Waals surface area contributed by atoms with Crippen molar-refractivity contribution in [3.63, 3.8) is 0 Å². The lowest BCUT2D eigenvalue weighted by molar-refractivity contribution is 0.0690. The number of carbonyl (C=O) groups is 1. The Balaban J connectivity index is 2.36. The summed E-state index contributed by atoms with van der Waals surface area (Å²) >= 11 is 0. The van der Waals surface area contributed by atoms with Crippen LogP contribution in [0.1, 0.15) is 55.3 Å². The highest BCUT2D eigenvalue weighted by Gasteiger charge is 2.21. The standard InChI is InChI=1S/C13H19N3O2/c1-9(2)12-14-8-10(11(15-12)13(17)18)16-6-4-3-5-7-16/h8-9H,3-7H2,1-2H3,(H,17,18). The summed E-state index contributed by atoms with van der Waals surface area (Å²) in [5.74, 6) is -0.244. The molecule has 2 rings (SSSR count). The zero-order chi connectivity index (χ0) is 13.1. The number of carboxylic acids is 1. The highest BCUT2D eigenvalue weighted by atomic mass is 16.4. The largest absolute Gasteiger partial charge is 0.476 e. The third kappa shape index (κ3) is 2.60. The minimum Gasteiger partial charge on any atom is -0.476 e. The first kappa shape index (κ1) is 12.8. The lowest BCUT2D eigenvalue weighted by Crippen LogP contribution is -2.31. The Morgan fingerprint density at radius 3 is 2.56 bits per heavy atom. The van der Waals surface area contributed by atoms with E-state index in [4.69, 9.17) is 0 Å². The van der Waals surface area contributed by atoms with Gasteiger partial charge in [-0.25, -0.2) is 14.8 Å². The molecule has 98 valence electrons. The minimum atomic E-state index is -0.972. The molecule has 0 amide bonds. The number of hydrogen-bond acceptors (Lipinski definition) is 4. The van der Waals surface area contributed by atoms with Gasteiger partial charge in [0.25, 0.3) is 0 Å². The van der Waals surface area contributed by atoms with E-state index < -0.39 is 5.97 Å². The number of carboxylic acid groups (broad SMARTS) is 1. The Bertz CT molecular complexity index is 440. The van der Waals surface area contributed by atoms with Gasteiger partial charge in [-0.1, -0.05) is 13.8 Å². The number of anilines is 1. The Morgan fingerprint density at radius 1 is 1.33 bits per heavy atom. The van der Waals surface area contributed by atoms with Crippen LogP contribution in [0.5, 0.6) is 0 Å². The van der Waals surface area contributed by atoms with Crippen LogP contribution in [-0.2, 0) is 0 Å². The third-order valence-corrected chi connectivity index (χ3v) is 3.20. The minimum absolute atomic E-state index is 0.135. The van der Waals surface area contributed by atoms with Gasteiger partial charge < -0.3 is 10.0 Å². The average molecular weight is 249 g/mol. The van der Waals surface area contributed by atoms with E-state index in [9.17, 15) is 9.90 Å². The average Bonchev–Trinajstić information content (AvgIpc) is 2.39. The van der Waals surface area contributed by atoms with Gasteiger partial charge in [0.15, 0.2) is 5.69 Å². The van der Waals surface area contributed by atoms with E-state index in [1.54, 1.807) is 6.20 Å². The van der Waals surface area contributed by atoms with Crippen LogP contribution in [0, 0.1) is 0 Å². The predicted octanol–water partition coefficient (Wildman–Crippen LogP) is 2.29. The Kier molecular flexibility index (Phi) is 3.79. The number of nitrogens with zero attached hydrogens (tertiary/aromatic N) is 3. The summed E-state index contributed by atoms with van der Waals surface area (Å²) in [6.45, 7) is 5.71. The Hall–Kier alpha value is -1.65. The molecule has 1 fully saturated rings. The molecule has 0 aliphatic carbocycles. The molecule has 18 heavy (non-hydrogen) atoms. The van der Waals surface area contributed by atoms with E-state index in [0.717, 1.165) is 25.9 Å². The van der Waals surface area contributed by atoms with Crippen LogP contribution in [0.3, 0.4) is 0 Å². The first-order valence-electron chi connectivity index (χ1n) is 6.44. The lowest BCUT2D eigenvalue weighted by atomic mass is 10.1. The third-order valence-electron chi connectivity index (χ3n) is 3.20. The molecule has 1 aromatic heterocycles. The topological polar surface area (TPSA) is 66.3 Å². The highest BCUT2D eigenvalue weighted by molar-refractivity contribution is 5.92. The Morgan fingerprint density at radius 2 is 2.00 bits per heavy atom. The molecular formula is C13H19N3O2. The normalized spacial score (nSPS) is 16.1. The summed E-state index contributed by atoms with van der Waals surface area (Å²) in [6.07, 6.45) is 5.08. The van der Waals surface area contributed by atoms with Gasteiger partial charge >= 0.3 is 5.97 Å². The fraction of sp³-hybridized carbons (Fsp3) is 0.615. The van der Waals surface area contributed by atoms with Crippen molar-refractivity contribution in [3.05, 3.63) is 17.7 Å². The number of aromatic carboxylic acids is 1. The van der Waals surface area contributed by atoms with E-state index in [0.29, 0.717) is 11.5 Å². The van der Waals surface area contributed by atoms with Gasteiger partial charge in [0, 0.05) is 19.0 Å². The van der Waals surface area contributed by atoms with E-state index >= 15 is 0 Å². The quantitative estimate of drug-likeness (QED) is 0.890. The first-order valence-corrected chi connectivity index (χ1v) is 6.44. The maximum atomic E-state index is 11.3. The molecule has 1 aliphatic rings. The van der Waals surface area contributed by atoms with E-state index in [-0.39, 0.29) is 11.6 Å². The second-order valence-corrected chi connectivity index (χ2v) is 4.97. The summed E-state index contributed by atoms with van der Waals surface area (Å²) in [4.78, 5) is 21.9. The van der Waals surface area contributed by atoms with Crippen LogP contribution in [0.25, 0.3) is 0 Å². The fourth-order valence-corrected chi connectivity index (χ4v) is 2.19. The van der Waals surface area contributed by atoms with E-state index in [2.05, 4.69) is 14.9 Å². The summed E-state index contributed by atoms with van der Waals surface area (Å²) in [5, 5.41) is 9.29. The highest BCUT2D eigenvalue weighted by Crippen LogP contribution is 2.23. The maximum absolute atomic E-state index is 11.3. The van der Waals surface area contributed by atoms with Gasteiger partial charge in [-0.15, -0.1) is 0 Å². The SMILES string of the molecule is CC(C)c1ncc(N2CCCCC2)c(C(=O)O)n1. The molecule has 5 heteroatoms. The molecule has 5 nitrogen and oxygen atoms in total. The smallest absolute Gasteiger partial charge is 0.356 e. The number of hydrogen-bond donors (Lipinski definition) is 1. The molecule has 1 N–H and O–H groups in total. The van der Waals surface area contributed by atoms with Gasteiger partial charge in [0.05, 0.1) is 11.9 Å². The number of rotatable bonds is 3. The van der Waals surface area contributed by atoms with Crippen LogP contribution in [-0.4, -0.2) is 34.1 Å². The molecule has 2 heterocycles. The van der Waals surface area contributed by atoms with Crippen LogP contribution in [0.2, 0.25) is 0 Å². The molecule has 1 aromatic rings. The van der Waals surface area contributed by atoms with Crippen molar-refractivity contribution >= 4 is 11.7 Å². The molecule has 0 saturated carbocycles. The van der Waals surface area contributed by atoms with Crippen molar-refractivity contribution < 1.29 is 9.90 Å². The first-order chi connectivity index (χ1) is 8.59. The molecule has 0 radical (unpaired) electrons.